The van der Waals surface area contributed by atoms with Gasteiger partial charge in [0, 0.05) is 11.3 Å². The second kappa shape index (κ2) is 8.86. The van der Waals surface area contributed by atoms with Crippen LogP contribution in [0.25, 0.3) is 0 Å². The van der Waals surface area contributed by atoms with Gasteiger partial charge in [-0.2, -0.15) is 0 Å². The van der Waals surface area contributed by atoms with Crippen LogP contribution in [0.2, 0.25) is 0 Å². The molecule has 0 aliphatic rings. The zero-order chi connectivity index (χ0) is 19.9. The first-order valence-electron chi connectivity index (χ1n) is 8.93. The van der Waals surface area contributed by atoms with Crippen LogP contribution in [0.15, 0.2) is 78.9 Å². The molecule has 142 valence electrons. The minimum atomic E-state index is -0.720. The van der Waals surface area contributed by atoms with Gasteiger partial charge >= 0.3 is 0 Å². The highest BCUT2D eigenvalue weighted by Crippen LogP contribution is 2.23. The molecule has 5 heteroatoms. The molecule has 5 nitrogen and oxygen atoms in total. The smallest absolute Gasteiger partial charge is 0.265 e. The number of nitrogens with one attached hydrogen (secondary N) is 1. The van der Waals surface area contributed by atoms with Crippen LogP contribution < -0.4 is 14.8 Å². The standard InChI is InChI=1S/C23H21NO4/c1-16(25)18-7-6-10-22(15-18)27-17(2)23(26)24-19-11-13-21(14-12-19)28-20-8-4-3-5-9-20/h3-15,17H,1-2H3,(H,24,26)/t17-/m0/s1. The number of anilines is 1. The molecular formula is C23H21NO4. The number of rotatable bonds is 7. The summed E-state index contributed by atoms with van der Waals surface area (Å²) in [6.45, 7) is 3.14. The largest absolute Gasteiger partial charge is 0.481 e. The average Bonchev–Trinajstić information content (AvgIpc) is 2.70. The first-order chi connectivity index (χ1) is 13.5. The third-order valence-corrected chi connectivity index (χ3v) is 4.02. The topological polar surface area (TPSA) is 64.6 Å². The van der Waals surface area contributed by atoms with E-state index in [9.17, 15) is 9.59 Å². The number of ether oxygens (including phenoxy) is 2. The molecule has 0 aliphatic heterocycles. The molecule has 1 atom stereocenters. The number of carbonyl (C=O) groups is 2. The monoisotopic (exact) mass is 375 g/mol. The van der Waals surface area contributed by atoms with Crippen LogP contribution in [0.1, 0.15) is 24.2 Å². The van der Waals surface area contributed by atoms with E-state index in [4.69, 9.17) is 9.47 Å². The molecule has 3 aromatic carbocycles. The number of ketones is 1. The summed E-state index contributed by atoms with van der Waals surface area (Å²) < 4.78 is 11.4. The first kappa shape index (κ1) is 19.2. The molecule has 0 aromatic heterocycles. The normalized spacial score (nSPS) is 11.4. The van der Waals surface area contributed by atoms with Crippen molar-refractivity contribution in [3.63, 3.8) is 0 Å². The Morgan fingerprint density at radius 3 is 2.14 bits per heavy atom. The van der Waals surface area contributed by atoms with Crippen molar-refractivity contribution in [2.45, 2.75) is 20.0 Å². The van der Waals surface area contributed by atoms with Crippen LogP contribution in [0.3, 0.4) is 0 Å². The van der Waals surface area contributed by atoms with E-state index in [0.717, 1.165) is 5.75 Å². The predicted octanol–water partition coefficient (Wildman–Crippen LogP) is 5.09. The van der Waals surface area contributed by atoms with Crippen LogP contribution in [0, 0.1) is 0 Å². The van der Waals surface area contributed by atoms with Gasteiger partial charge < -0.3 is 14.8 Å². The predicted molar refractivity (Wildman–Crippen MR) is 108 cm³/mol. The van der Waals surface area contributed by atoms with Crippen LogP contribution in [0.5, 0.6) is 17.2 Å². The molecule has 3 rings (SSSR count). The molecule has 0 bridgehead atoms. The van der Waals surface area contributed by atoms with E-state index in [-0.39, 0.29) is 11.7 Å². The summed E-state index contributed by atoms with van der Waals surface area (Å²) in [7, 11) is 0. The number of hydrogen-bond acceptors (Lipinski definition) is 4. The molecule has 28 heavy (non-hydrogen) atoms. The van der Waals surface area contributed by atoms with E-state index in [1.807, 2.05) is 30.3 Å². The summed E-state index contributed by atoms with van der Waals surface area (Å²) >= 11 is 0. The first-order valence-corrected chi connectivity index (χ1v) is 8.93. The highest BCUT2D eigenvalue weighted by atomic mass is 16.5. The van der Waals surface area contributed by atoms with Gasteiger partial charge in [-0.05, 0) is 62.4 Å². The molecule has 0 saturated carbocycles. The van der Waals surface area contributed by atoms with E-state index in [1.165, 1.54) is 6.92 Å². The number of Topliss-reactive ketones (excluding diaryl/α,β-unsaturated/α-hetero) is 1. The molecule has 0 radical (unpaired) electrons. The maximum atomic E-state index is 12.4. The minimum absolute atomic E-state index is 0.0552. The van der Waals surface area contributed by atoms with Gasteiger partial charge in [0.05, 0.1) is 0 Å². The Morgan fingerprint density at radius 1 is 0.821 bits per heavy atom. The average molecular weight is 375 g/mol. The minimum Gasteiger partial charge on any atom is -0.481 e. The summed E-state index contributed by atoms with van der Waals surface area (Å²) in [6.07, 6.45) is -0.720. The number of carbonyl (C=O) groups excluding carboxylic acids is 2. The summed E-state index contributed by atoms with van der Waals surface area (Å²) in [4.78, 5) is 23.8. The Hall–Kier alpha value is -3.60. The van der Waals surface area contributed by atoms with Gasteiger partial charge in [-0.25, -0.2) is 0 Å². The van der Waals surface area contributed by atoms with Crippen molar-refractivity contribution in [1.29, 1.82) is 0 Å². The molecule has 3 aromatic rings. The zero-order valence-corrected chi connectivity index (χ0v) is 15.7. The van der Waals surface area contributed by atoms with Crippen molar-refractivity contribution in [2.75, 3.05) is 5.32 Å². The van der Waals surface area contributed by atoms with Crippen LogP contribution in [-0.2, 0) is 4.79 Å². The Labute approximate surface area is 163 Å². The molecular weight excluding hydrogens is 354 g/mol. The van der Waals surface area contributed by atoms with Gasteiger partial charge in [0.1, 0.15) is 17.2 Å². The number of hydrogen-bond donors (Lipinski definition) is 1. The maximum Gasteiger partial charge on any atom is 0.265 e. The Morgan fingerprint density at radius 2 is 1.46 bits per heavy atom. The lowest BCUT2D eigenvalue weighted by atomic mass is 10.1. The molecule has 0 saturated heterocycles. The van der Waals surface area contributed by atoms with E-state index < -0.39 is 6.10 Å². The molecule has 1 N–H and O–H groups in total. The van der Waals surface area contributed by atoms with E-state index in [2.05, 4.69) is 5.32 Å². The van der Waals surface area contributed by atoms with Gasteiger partial charge in [0.25, 0.3) is 5.91 Å². The molecule has 0 fully saturated rings. The highest BCUT2D eigenvalue weighted by Gasteiger charge is 2.15. The van der Waals surface area contributed by atoms with E-state index >= 15 is 0 Å². The second-order valence-corrected chi connectivity index (χ2v) is 6.27. The second-order valence-electron chi connectivity index (χ2n) is 6.27. The van der Waals surface area contributed by atoms with Gasteiger partial charge in [-0.3, -0.25) is 9.59 Å². The van der Waals surface area contributed by atoms with Crippen LogP contribution in [-0.4, -0.2) is 17.8 Å². The van der Waals surface area contributed by atoms with Gasteiger partial charge in [0.15, 0.2) is 11.9 Å². The summed E-state index contributed by atoms with van der Waals surface area (Å²) in [5.41, 5.74) is 1.18. The Kier molecular flexibility index (Phi) is 6.07. The van der Waals surface area contributed by atoms with Crippen molar-refractivity contribution in [3.8, 4) is 17.2 Å². The highest BCUT2D eigenvalue weighted by molar-refractivity contribution is 5.95. The van der Waals surface area contributed by atoms with Gasteiger partial charge in [0.2, 0.25) is 0 Å². The van der Waals surface area contributed by atoms with Crippen LogP contribution >= 0.6 is 0 Å². The van der Waals surface area contributed by atoms with E-state index in [1.54, 1.807) is 55.5 Å². The third-order valence-electron chi connectivity index (χ3n) is 4.02. The SMILES string of the molecule is CC(=O)c1cccc(O[C@@H](C)C(=O)Nc2ccc(Oc3ccccc3)cc2)c1. The zero-order valence-electron chi connectivity index (χ0n) is 15.7. The number of benzene rings is 3. The molecule has 1 amide bonds. The molecule has 0 heterocycles. The lowest BCUT2D eigenvalue weighted by Gasteiger charge is -2.15. The van der Waals surface area contributed by atoms with Crippen LogP contribution in [0.4, 0.5) is 5.69 Å². The van der Waals surface area contributed by atoms with Crippen molar-refractivity contribution in [1.82, 2.24) is 0 Å². The number of amides is 1. The summed E-state index contributed by atoms with van der Waals surface area (Å²) in [5, 5.41) is 2.80. The quantitative estimate of drug-likeness (QED) is 0.584. The van der Waals surface area contributed by atoms with E-state index in [0.29, 0.717) is 22.7 Å². The summed E-state index contributed by atoms with van der Waals surface area (Å²) in [6, 6.07) is 23.3. The lowest BCUT2D eigenvalue weighted by Crippen LogP contribution is -2.30. The maximum absolute atomic E-state index is 12.4. The van der Waals surface area contributed by atoms with Gasteiger partial charge in [-0.1, -0.05) is 30.3 Å². The van der Waals surface area contributed by atoms with Gasteiger partial charge in [-0.15, -0.1) is 0 Å². The Bertz CT molecular complexity index is 952. The summed E-state index contributed by atoms with van der Waals surface area (Å²) in [5.74, 6) is 1.55. The molecule has 0 unspecified atom stereocenters. The fraction of sp³-hybridized carbons (Fsp3) is 0.130. The lowest BCUT2D eigenvalue weighted by molar-refractivity contribution is -0.122. The Balaban J connectivity index is 1.58. The van der Waals surface area contributed by atoms with Crippen molar-refractivity contribution < 1.29 is 19.1 Å². The molecule has 0 aliphatic carbocycles. The molecule has 0 spiro atoms. The number of para-hydroxylation sites is 1. The fourth-order valence-corrected chi connectivity index (χ4v) is 2.52. The fourth-order valence-electron chi connectivity index (χ4n) is 2.52. The van der Waals surface area contributed by atoms with Crippen molar-refractivity contribution in [2.24, 2.45) is 0 Å². The third kappa shape index (κ3) is 5.20. The van der Waals surface area contributed by atoms with Crippen molar-refractivity contribution >= 4 is 17.4 Å². The van der Waals surface area contributed by atoms with Crippen molar-refractivity contribution in [3.05, 3.63) is 84.4 Å².